The van der Waals surface area contributed by atoms with Crippen LogP contribution in [0.4, 0.5) is 0 Å². The molecular weight excluding hydrogens is 286 g/mol. The van der Waals surface area contributed by atoms with E-state index in [2.05, 4.69) is 33.6 Å². The molecule has 0 N–H and O–H groups in total. The van der Waals surface area contributed by atoms with Gasteiger partial charge in [0.1, 0.15) is 5.82 Å². The molecule has 1 aromatic carbocycles. The number of nitrogens with zero attached hydrogens (tertiary/aromatic N) is 3. The zero-order valence-electron chi connectivity index (χ0n) is 12.0. The van der Waals surface area contributed by atoms with Crippen molar-refractivity contribution in [3.05, 3.63) is 53.5 Å². The fraction of sp³-hybridized carbons (Fsp3) is 0.250. The summed E-state index contributed by atoms with van der Waals surface area (Å²) in [5.41, 5.74) is 4.38. The molecular formula is C16H16ClN3O. The molecule has 0 bridgehead atoms. The van der Waals surface area contributed by atoms with Gasteiger partial charge in [-0.3, -0.25) is 0 Å². The molecule has 3 aromatic rings. The quantitative estimate of drug-likeness (QED) is 0.692. The first-order chi connectivity index (χ1) is 10.2. The number of alkyl halides is 1. The minimum Gasteiger partial charge on any atom is -0.481 e. The molecule has 21 heavy (non-hydrogen) atoms. The van der Waals surface area contributed by atoms with Crippen LogP contribution in [0, 0.1) is 6.92 Å². The number of aryl methyl sites for hydroxylation is 1. The lowest BCUT2D eigenvalue weighted by atomic mass is 10.2. The van der Waals surface area contributed by atoms with E-state index in [1.165, 1.54) is 5.56 Å². The first-order valence-corrected chi connectivity index (χ1v) is 7.25. The van der Waals surface area contributed by atoms with E-state index in [0.29, 0.717) is 18.3 Å². The van der Waals surface area contributed by atoms with Gasteiger partial charge in [0.2, 0.25) is 5.88 Å². The lowest BCUT2D eigenvalue weighted by molar-refractivity contribution is 0.397. The van der Waals surface area contributed by atoms with Crippen LogP contribution in [-0.4, -0.2) is 21.6 Å². The van der Waals surface area contributed by atoms with E-state index in [4.69, 9.17) is 16.3 Å². The first-order valence-electron chi connectivity index (χ1n) is 6.72. The number of rotatable bonds is 4. The Morgan fingerprint density at radius 1 is 1.24 bits per heavy atom. The Hall–Kier alpha value is -2.07. The molecule has 0 aliphatic heterocycles. The molecule has 0 radical (unpaired) electrons. The molecule has 2 heterocycles. The molecule has 0 spiro atoms. The summed E-state index contributed by atoms with van der Waals surface area (Å²) in [5.74, 6) is 1.87. The lowest BCUT2D eigenvalue weighted by Gasteiger charge is -2.09. The lowest BCUT2D eigenvalue weighted by Crippen LogP contribution is -2.04. The van der Waals surface area contributed by atoms with Gasteiger partial charge in [-0.2, -0.15) is 0 Å². The summed E-state index contributed by atoms with van der Waals surface area (Å²) < 4.78 is 7.32. The zero-order chi connectivity index (χ0) is 14.8. The van der Waals surface area contributed by atoms with E-state index < -0.39 is 0 Å². The number of ether oxygens (including phenoxy) is 1. The van der Waals surface area contributed by atoms with E-state index in [-0.39, 0.29) is 0 Å². The van der Waals surface area contributed by atoms with Crippen molar-refractivity contribution in [1.29, 1.82) is 0 Å². The number of fused-ring (bicyclic) bond motifs is 1. The van der Waals surface area contributed by atoms with Crippen molar-refractivity contribution in [2.45, 2.75) is 19.3 Å². The number of hydrogen-bond acceptors (Lipinski definition) is 3. The van der Waals surface area contributed by atoms with Crippen molar-refractivity contribution < 1.29 is 4.74 Å². The van der Waals surface area contributed by atoms with Gasteiger partial charge in [0.15, 0.2) is 0 Å². The Morgan fingerprint density at radius 3 is 2.86 bits per heavy atom. The second kappa shape index (κ2) is 5.74. The fourth-order valence-corrected chi connectivity index (χ4v) is 2.61. The molecule has 0 fully saturated rings. The molecule has 5 heteroatoms. The predicted molar refractivity (Wildman–Crippen MR) is 83.9 cm³/mol. The molecule has 108 valence electrons. The number of methoxy groups -OCH3 is 1. The van der Waals surface area contributed by atoms with Crippen LogP contribution in [0.3, 0.4) is 0 Å². The van der Waals surface area contributed by atoms with E-state index in [9.17, 15) is 0 Å². The van der Waals surface area contributed by atoms with Crippen molar-refractivity contribution in [1.82, 2.24) is 14.5 Å². The summed E-state index contributed by atoms with van der Waals surface area (Å²) in [7, 11) is 1.62. The zero-order valence-corrected chi connectivity index (χ0v) is 12.8. The van der Waals surface area contributed by atoms with Gasteiger partial charge in [-0.15, -0.1) is 11.6 Å². The number of benzene rings is 1. The SMILES string of the molecule is COc1cc(Cn2c(CCl)nc3ccc(C)cc32)ccn1. The largest absolute Gasteiger partial charge is 0.481 e. The summed E-state index contributed by atoms with van der Waals surface area (Å²) in [5, 5.41) is 0. The minimum absolute atomic E-state index is 0.385. The van der Waals surface area contributed by atoms with Gasteiger partial charge < -0.3 is 9.30 Å². The van der Waals surface area contributed by atoms with E-state index in [1.807, 2.05) is 18.2 Å². The molecule has 0 aliphatic carbocycles. The first kappa shape index (κ1) is 13.9. The highest BCUT2D eigenvalue weighted by Crippen LogP contribution is 2.21. The van der Waals surface area contributed by atoms with Crippen molar-refractivity contribution in [3.8, 4) is 5.88 Å². The van der Waals surface area contributed by atoms with E-state index in [0.717, 1.165) is 22.4 Å². The highest BCUT2D eigenvalue weighted by molar-refractivity contribution is 6.16. The van der Waals surface area contributed by atoms with Crippen LogP contribution >= 0.6 is 11.6 Å². The number of imidazole rings is 1. The third kappa shape index (κ3) is 2.72. The second-order valence-corrected chi connectivity index (χ2v) is 5.21. The average molecular weight is 302 g/mol. The summed E-state index contributed by atoms with van der Waals surface area (Å²) in [6, 6.07) is 10.1. The summed E-state index contributed by atoms with van der Waals surface area (Å²) in [6.07, 6.45) is 1.75. The van der Waals surface area contributed by atoms with Crippen molar-refractivity contribution in [2.24, 2.45) is 0 Å². The van der Waals surface area contributed by atoms with Crippen LogP contribution in [0.25, 0.3) is 11.0 Å². The van der Waals surface area contributed by atoms with Crippen molar-refractivity contribution >= 4 is 22.6 Å². The molecule has 0 atom stereocenters. The molecule has 4 nitrogen and oxygen atoms in total. The Balaban J connectivity index is 2.07. The number of halogens is 1. The number of hydrogen-bond donors (Lipinski definition) is 0. The maximum absolute atomic E-state index is 6.05. The van der Waals surface area contributed by atoms with Crippen LogP contribution < -0.4 is 4.74 Å². The third-order valence-corrected chi connectivity index (χ3v) is 3.69. The Labute approximate surface area is 128 Å². The normalized spacial score (nSPS) is 11.0. The standard InChI is InChI=1S/C16H16ClN3O/c1-11-3-4-13-14(7-11)20(15(9-17)19-13)10-12-5-6-18-16(8-12)21-2/h3-8H,9-10H2,1-2H3. The maximum Gasteiger partial charge on any atom is 0.213 e. The van der Waals surface area contributed by atoms with Crippen LogP contribution in [0.1, 0.15) is 17.0 Å². The van der Waals surface area contributed by atoms with Crippen LogP contribution in [0.15, 0.2) is 36.5 Å². The molecule has 3 rings (SSSR count). The van der Waals surface area contributed by atoms with Gasteiger partial charge in [0.05, 0.1) is 24.0 Å². The van der Waals surface area contributed by atoms with Crippen molar-refractivity contribution in [2.75, 3.05) is 7.11 Å². The smallest absolute Gasteiger partial charge is 0.213 e. The van der Waals surface area contributed by atoms with Gasteiger partial charge in [-0.05, 0) is 36.2 Å². The monoisotopic (exact) mass is 301 g/mol. The van der Waals surface area contributed by atoms with Crippen molar-refractivity contribution in [3.63, 3.8) is 0 Å². The number of aromatic nitrogens is 3. The van der Waals surface area contributed by atoms with E-state index >= 15 is 0 Å². The molecule has 0 unspecified atom stereocenters. The topological polar surface area (TPSA) is 39.9 Å². The third-order valence-electron chi connectivity index (χ3n) is 3.45. The van der Waals surface area contributed by atoms with Gasteiger partial charge in [-0.25, -0.2) is 9.97 Å². The van der Waals surface area contributed by atoms with E-state index in [1.54, 1.807) is 13.3 Å². The van der Waals surface area contributed by atoms with Gasteiger partial charge in [0.25, 0.3) is 0 Å². The highest BCUT2D eigenvalue weighted by Gasteiger charge is 2.11. The highest BCUT2D eigenvalue weighted by atomic mass is 35.5. The van der Waals surface area contributed by atoms with Crippen LogP contribution in [0.2, 0.25) is 0 Å². The second-order valence-electron chi connectivity index (χ2n) is 4.95. The molecule has 0 aliphatic rings. The van der Waals surface area contributed by atoms with Gasteiger partial charge in [-0.1, -0.05) is 6.07 Å². The Bertz CT molecular complexity index is 782. The molecule has 0 saturated carbocycles. The van der Waals surface area contributed by atoms with Crippen LogP contribution in [-0.2, 0) is 12.4 Å². The Morgan fingerprint density at radius 2 is 2.10 bits per heavy atom. The summed E-state index contributed by atoms with van der Waals surface area (Å²) >= 11 is 6.05. The number of pyridine rings is 1. The molecule has 0 saturated heterocycles. The van der Waals surface area contributed by atoms with Gasteiger partial charge in [0, 0.05) is 18.8 Å². The van der Waals surface area contributed by atoms with Crippen LogP contribution in [0.5, 0.6) is 5.88 Å². The summed E-state index contributed by atoms with van der Waals surface area (Å²) in [6.45, 7) is 2.77. The maximum atomic E-state index is 6.05. The minimum atomic E-state index is 0.385. The summed E-state index contributed by atoms with van der Waals surface area (Å²) in [4.78, 5) is 8.73. The fourth-order valence-electron chi connectivity index (χ4n) is 2.40. The molecule has 2 aromatic heterocycles. The predicted octanol–water partition coefficient (Wildman–Crippen LogP) is 3.54. The Kier molecular flexibility index (Phi) is 3.80. The van der Waals surface area contributed by atoms with Gasteiger partial charge >= 0.3 is 0 Å². The average Bonchev–Trinajstić information content (AvgIpc) is 2.85. The molecule has 0 amide bonds.